The lowest BCUT2D eigenvalue weighted by Crippen LogP contribution is -2.29. The quantitative estimate of drug-likeness (QED) is 0.705. The Morgan fingerprint density at radius 2 is 1.79 bits per heavy atom. The van der Waals surface area contributed by atoms with Crippen molar-refractivity contribution in [1.29, 1.82) is 0 Å². The topological polar surface area (TPSA) is 73.4 Å². The summed E-state index contributed by atoms with van der Waals surface area (Å²) in [6.07, 6.45) is 1.27. The Kier molecular flexibility index (Phi) is 4.18. The van der Waals surface area contributed by atoms with E-state index in [1.165, 1.54) is 18.2 Å². The van der Waals surface area contributed by atoms with Crippen LogP contribution in [0.2, 0.25) is 0 Å². The van der Waals surface area contributed by atoms with Crippen molar-refractivity contribution >= 4 is 28.4 Å². The van der Waals surface area contributed by atoms with Crippen LogP contribution in [0.25, 0.3) is 16.5 Å². The zero-order valence-corrected chi connectivity index (χ0v) is 14.3. The van der Waals surface area contributed by atoms with Crippen molar-refractivity contribution < 1.29 is 27.9 Å². The van der Waals surface area contributed by atoms with Crippen molar-refractivity contribution in [2.24, 2.45) is 0 Å². The van der Waals surface area contributed by atoms with E-state index >= 15 is 0 Å². The molecule has 1 aliphatic heterocycles. The number of H-pyrrole nitrogens is 1. The van der Waals surface area contributed by atoms with Gasteiger partial charge in [-0.05, 0) is 42.3 Å². The van der Waals surface area contributed by atoms with Crippen LogP contribution in [-0.2, 0) is 11.2 Å². The number of carbonyl (C=O) groups excluding carboxylic acids is 1. The van der Waals surface area contributed by atoms with Crippen LogP contribution in [0, 0.1) is 17.5 Å². The van der Waals surface area contributed by atoms with Crippen LogP contribution in [-0.4, -0.2) is 33.4 Å². The molecule has 1 aromatic heterocycles. The number of aromatic amines is 1. The summed E-state index contributed by atoms with van der Waals surface area (Å²) in [6, 6.07) is 7.08. The highest BCUT2D eigenvalue weighted by Crippen LogP contribution is 2.32. The lowest BCUT2D eigenvalue weighted by Gasteiger charge is -2.18. The second kappa shape index (κ2) is 6.56. The molecule has 142 valence electrons. The molecule has 0 unspecified atom stereocenters. The Balaban J connectivity index is 1.83. The molecule has 4 rings (SSSR count). The first-order chi connectivity index (χ1) is 13.4. The zero-order chi connectivity index (χ0) is 20.0. The van der Waals surface area contributed by atoms with E-state index in [9.17, 15) is 27.9 Å². The van der Waals surface area contributed by atoms with Gasteiger partial charge in [-0.3, -0.25) is 4.79 Å². The van der Waals surface area contributed by atoms with Crippen LogP contribution in [0.1, 0.15) is 21.6 Å². The minimum Gasteiger partial charge on any atom is -0.478 e. The van der Waals surface area contributed by atoms with E-state index < -0.39 is 34.9 Å². The monoisotopic (exact) mass is 386 g/mol. The molecule has 0 fully saturated rings. The second-order valence-electron chi connectivity index (χ2n) is 6.36. The molecule has 8 heteroatoms. The molecule has 0 saturated heterocycles. The van der Waals surface area contributed by atoms with Gasteiger partial charge in [0, 0.05) is 23.6 Å². The number of rotatable bonds is 2. The number of nitrogens with zero attached hydrogens (tertiary/aromatic N) is 1. The first-order valence-corrected chi connectivity index (χ1v) is 8.37. The van der Waals surface area contributed by atoms with Gasteiger partial charge in [-0.25, -0.2) is 18.0 Å². The van der Waals surface area contributed by atoms with Gasteiger partial charge in [0.2, 0.25) is 0 Å². The molecule has 0 radical (unpaired) electrons. The average Bonchev–Trinajstić information content (AvgIpc) is 2.86. The van der Waals surface area contributed by atoms with E-state index in [-0.39, 0.29) is 24.2 Å². The van der Waals surface area contributed by atoms with Gasteiger partial charge in [-0.15, -0.1) is 0 Å². The van der Waals surface area contributed by atoms with E-state index in [2.05, 4.69) is 4.98 Å². The number of aliphatic carboxylic acids is 1. The third-order valence-corrected chi connectivity index (χ3v) is 4.69. The standard InChI is InChI=1S/C20H13F3N2O3/c21-10-4-5-11-12-6-7-25(19(26)17-14(22)2-1-3-15(17)23)9-13(20(27)28)18(12)24-16(11)8-10/h1-5,8-9,24H,6-7H2,(H,27,28). The first kappa shape index (κ1) is 17.8. The highest BCUT2D eigenvalue weighted by atomic mass is 19.1. The Bertz CT molecular complexity index is 1150. The van der Waals surface area contributed by atoms with Crippen molar-refractivity contribution in [3.63, 3.8) is 0 Å². The maximum Gasteiger partial charge on any atom is 0.339 e. The Morgan fingerprint density at radius 3 is 2.46 bits per heavy atom. The predicted octanol–water partition coefficient (Wildman–Crippen LogP) is 3.71. The number of halogens is 3. The highest BCUT2D eigenvalue weighted by Gasteiger charge is 2.29. The number of carboxylic acid groups (broad SMARTS) is 1. The van der Waals surface area contributed by atoms with Crippen molar-refractivity contribution in [3.05, 3.63) is 76.9 Å². The first-order valence-electron chi connectivity index (χ1n) is 8.37. The molecule has 0 bridgehead atoms. The molecule has 28 heavy (non-hydrogen) atoms. The SMILES string of the molecule is O=C(O)C1=CN(C(=O)c2c(F)cccc2F)CCc2c1[nH]c1cc(F)ccc21. The summed E-state index contributed by atoms with van der Waals surface area (Å²) in [7, 11) is 0. The molecule has 1 amide bonds. The molecule has 0 atom stereocenters. The molecule has 2 N–H and O–H groups in total. The number of carboxylic acids is 1. The molecular formula is C20H13F3N2O3. The summed E-state index contributed by atoms with van der Waals surface area (Å²) in [5.41, 5.74) is 0.248. The smallest absolute Gasteiger partial charge is 0.339 e. The maximum atomic E-state index is 14.0. The number of aromatic nitrogens is 1. The minimum absolute atomic E-state index is 0.000712. The van der Waals surface area contributed by atoms with Gasteiger partial charge >= 0.3 is 5.97 Å². The second-order valence-corrected chi connectivity index (χ2v) is 6.36. The predicted molar refractivity (Wildman–Crippen MR) is 95.0 cm³/mol. The number of benzene rings is 2. The Labute approximate surface area is 156 Å². The molecule has 3 aromatic rings. The largest absolute Gasteiger partial charge is 0.478 e. The highest BCUT2D eigenvalue weighted by molar-refractivity contribution is 6.17. The van der Waals surface area contributed by atoms with Gasteiger partial charge in [0.15, 0.2) is 0 Å². The summed E-state index contributed by atoms with van der Waals surface area (Å²) in [4.78, 5) is 28.4. The molecule has 0 spiro atoms. The van der Waals surface area contributed by atoms with Crippen LogP contribution in [0.5, 0.6) is 0 Å². The summed E-state index contributed by atoms with van der Waals surface area (Å²) in [5.74, 6) is -4.84. The van der Waals surface area contributed by atoms with Crippen molar-refractivity contribution in [2.75, 3.05) is 6.54 Å². The summed E-state index contributed by atoms with van der Waals surface area (Å²) >= 11 is 0. The number of hydrogen-bond acceptors (Lipinski definition) is 2. The molecular weight excluding hydrogens is 373 g/mol. The molecule has 2 heterocycles. The molecule has 2 aromatic carbocycles. The molecule has 1 aliphatic rings. The van der Waals surface area contributed by atoms with Crippen LogP contribution in [0.4, 0.5) is 13.2 Å². The Morgan fingerprint density at radius 1 is 1.07 bits per heavy atom. The Hall–Kier alpha value is -3.55. The minimum atomic E-state index is -1.33. The number of carbonyl (C=O) groups is 2. The molecule has 5 nitrogen and oxygen atoms in total. The van der Waals surface area contributed by atoms with E-state index in [4.69, 9.17) is 0 Å². The van der Waals surface area contributed by atoms with Crippen molar-refractivity contribution in [2.45, 2.75) is 6.42 Å². The van der Waals surface area contributed by atoms with Crippen molar-refractivity contribution in [1.82, 2.24) is 9.88 Å². The number of nitrogens with one attached hydrogen (secondary N) is 1. The van der Waals surface area contributed by atoms with Gasteiger partial charge in [0.25, 0.3) is 5.91 Å². The number of amides is 1. The zero-order valence-electron chi connectivity index (χ0n) is 14.3. The number of hydrogen-bond donors (Lipinski definition) is 2. The van der Waals surface area contributed by atoms with E-state index in [1.54, 1.807) is 0 Å². The van der Waals surface area contributed by atoms with E-state index in [0.29, 0.717) is 16.5 Å². The third kappa shape index (κ3) is 2.83. The fourth-order valence-corrected chi connectivity index (χ4v) is 3.40. The third-order valence-electron chi connectivity index (χ3n) is 4.69. The van der Waals surface area contributed by atoms with Crippen LogP contribution in [0.3, 0.4) is 0 Å². The fourth-order valence-electron chi connectivity index (χ4n) is 3.40. The lowest BCUT2D eigenvalue weighted by molar-refractivity contribution is -0.130. The normalized spacial score (nSPS) is 13.8. The van der Waals surface area contributed by atoms with Crippen molar-refractivity contribution in [3.8, 4) is 0 Å². The van der Waals surface area contributed by atoms with Gasteiger partial charge in [0.05, 0.1) is 11.3 Å². The van der Waals surface area contributed by atoms with Crippen LogP contribution >= 0.6 is 0 Å². The summed E-state index contributed by atoms with van der Waals surface area (Å²) in [6.45, 7) is 0.000712. The van der Waals surface area contributed by atoms with Crippen LogP contribution < -0.4 is 0 Å². The van der Waals surface area contributed by atoms with Crippen LogP contribution in [0.15, 0.2) is 42.6 Å². The maximum absolute atomic E-state index is 14.0. The number of fused-ring (bicyclic) bond motifs is 3. The lowest BCUT2D eigenvalue weighted by atomic mass is 10.0. The van der Waals surface area contributed by atoms with Gasteiger partial charge in [-0.2, -0.15) is 0 Å². The molecule has 0 saturated carbocycles. The van der Waals surface area contributed by atoms with E-state index in [0.717, 1.165) is 29.3 Å². The average molecular weight is 386 g/mol. The van der Waals surface area contributed by atoms with E-state index in [1.807, 2.05) is 0 Å². The molecule has 0 aliphatic carbocycles. The fraction of sp³-hybridized carbons (Fsp3) is 0.100. The summed E-state index contributed by atoms with van der Waals surface area (Å²) in [5, 5.41) is 10.2. The summed E-state index contributed by atoms with van der Waals surface area (Å²) < 4.78 is 41.5. The van der Waals surface area contributed by atoms with Gasteiger partial charge in [0.1, 0.15) is 23.0 Å². The van der Waals surface area contributed by atoms with Gasteiger partial charge < -0.3 is 15.0 Å². The van der Waals surface area contributed by atoms with Gasteiger partial charge in [-0.1, -0.05) is 6.07 Å².